The summed E-state index contributed by atoms with van der Waals surface area (Å²) in [7, 11) is 0. The smallest absolute Gasteiger partial charge is 0.251 e. The van der Waals surface area contributed by atoms with E-state index in [4.69, 9.17) is 10.5 Å². The monoisotopic (exact) mass is 380 g/mol. The molecule has 0 saturated heterocycles. The predicted molar refractivity (Wildman–Crippen MR) is 101 cm³/mol. The van der Waals surface area contributed by atoms with Crippen LogP contribution in [0.4, 0.5) is 5.00 Å². The second kappa shape index (κ2) is 5.78. The highest BCUT2D eigenvalue weighted by atomic mass is 32.1. The van der Waals surface area contributed by atoms with Crippen LogP contribution in [-0.4, -0.2) is 29.1 Å². The molecule has 1 fully saturated rings. The summed E-state index contributed by atoms with van der Waals surface area (Å²) in [6.07, 6.45) is 0.560. The van der Waals surface area contributed by atoms with Crippen molar-refractivity contribution in [1.82, 2.24) is 0 Å². The summed E-state index contributed by atoms with van der Waals surface area (Å²) in [6.45, 7) is 11.8. The summed E-state index contributed by atoms with van der Waals surface area (Å²) >= 11 is 1.36. The number of anilines is 1. The summed E-state index contributed by atoms with van der Waals surface area (Å²) < 4.78 is 6.18. The second-order valence-corrected chi connectivity index (χ2v) is 10.1. The molecule has 0 bridgehead atoms. The first-order chi connectivity index (χ1) is 11.8. The van der Waals surface area contributed by atoms with Crippen LogP contribution in [-0.2, 0) is 21.6 Å². The maximum atomic E-state index is 12.7. The standard InChI is InChI=1S/C19H28N2O4S/c1-17(2)7-9-11(14(20)23)16(26-13(9)19(5,6)25-17)21-15(24)12-10(8-22)18(12,3)4/h10,12,22H,7-8H2,1-6H3,(H2,20,23)(H,21,24). The van der Waals surface area contributed by atoms with Crippen LogP contribution in [0.25, 0.3) is 0 Å². The molecule has 7 heteroatoms. The zero-order valence-corrected chi connectivity index (χ0v) is 17.0. The molecule has 1 aliphatic carbocycles. The number of thiophene rings is 1. The number of nitrogens with two attached hydrogens (primary N) is 1. The molecule has 1 aromatic heterocycles. The fraction of sp³-hybridized carbons (Fsp3) is 0.684. The Balaban J connectivity index is 1.98. The molecule has 144 valence electrons. The largest absolute Gasteiger partial charge is 0.396 e. The Kier molecular flexibility index (Phi) is 4.29. The van der Waals surface area contributed by atoms with Gasteiger partial charge in [0.25, 0.3) is 5.91 Å². The first-order valence-electron chi connectivity index (χ1n) is 8.89. The molecular weight excluding hydrogens is 352 g/mol. The number of primary amides is 1. The van der Waals surface area contributed by atoms with E-state index >= 15 is 0 Å². The first-order valence-corrected chi connectivity index (χ1v) is 9.71. The summed E-state index contributed by atoms with van der Waals surface area (Å²) in [5.41, 5.74) is 5.69. The average molecular weight is 381 g/mol. The van der Waals surface area contributed by atoms with Gasteiger partial charge in [-0.1, -0.05) is 13.8 Å². The quantitative estimate of drug-likeness (QED) is 0.747. The van der Waals surface area contributed by atoms with Gasteiger partial charge in [0.15, 0.2) is 0 Å². The van der Waals surface area contributed by atoms with Gasteiger partial charge in [-0.25, -0.2) is 0 Å². The second-order valence-electron chi connectivity index (χ2n) is 9.10. The normalized spacial score (nSPS) is 27.5. The molecule has 2 unspecified atom stereocenters. The maximum Gasteiger partial charge on any atom is 0.251 e. The Morgan fingerprint density at radius 2 is 1.88 bits per heavy atom. The van der Waals surface area contributed by atoms with Crippen LogP contribution in [0.3, 0.4) is 0 Å². The number of ether oxygens (including phenoxy) is 1. The molecule has 26 heavy (non-hydrogen) atoms. The van der Waals surface area contributed by atoms with Gasteiger partial charge in [0, 0.05) is 23.8 Å². The van der Waals surface area contributed by atoms with Gasteiger partial charge in [0.1, 0.15) is 5.00 Å². The van der Waals surface area contributed by atoms with Crippen molar-refractivity contribution >= 4 is 28.2 Å². The minimum absolute atomic E-state index is 0.0240. The van der Waals surface area contributed by atoms with Crippen LogP contribution in [0.1, 0.15) is 62.3 Å². The maximum absolute atomic E-state index is 12.7. The predicted octanol–water partition coefficient (Wildman–Crippen LogP) is 2.64. The van der Waals surface area contributed by atoms with E-state index < -0.39 is 17.1 Å². The molecular formula is C19H28N2O4S. The minimum atomic E-state index is -0.568. The lowest BCUT2D eigenvalue weighted by atomic mass is 9.86. The Bertz CT molecular complexity index is 779. The van der Waals surface area contributed by atoms with Crippen molar-refractivity contribution in [2.45, 2.75) is 59.2 Å². The van der Waals surface area contributed by atoms with Crippen molar-refractivity contribution in [2.75, 3.05) is 11.9 Å². The van der Waals surface area contributed by atoms with Crippen LogP contribution >= 0.6 is 11.3 Å². The lowest BCUT2D eigenvalue weighted by Gasteiger charge is -2.41. The number of carbonyl (C=O) groups is 2. The van der Waals surface area contributed by atoms with E-state index in [9.17, 15) is 14.7 Å². The van der Waals surface area contributed by atoms with Crippen LogP contribution in [0, 0.1) is 17.3 Å². The Labute approximate surface area is 158 Å². The molecule has 0 radical (unpaired) electrons. The van der Waals surface area contributed by atoms with Gasteiger partial charge >= 0.3 is 0 Å². The zero-order valence-electron chi connectivity index (χ0n) is 16.2. The van der Waals surface area contributed by atoms with Gasteiger partial charge in [0.2, 0.25) is 5.91 Å². The number of aliphatic hydroxyl groups is 1. The van der Waals surface area contributed by atoms with E-state index in [1.807, 2.05) is 41.5 Å². The van der Waals surface area contributed by atoms with E-state index in [1.54, 1.807) is 0 Å². The molecule has 2 amide bonds. The minimum Gasteiger partial charge on any atom is -0.396 e. The molecule has 2 atom stereocenters. The highest BCUT2D eigenvalue weighted by Gasteiger charge is 2.61. The number of carbonyl (C=O) groups excluding carboxylic acids is 2. The van der Waals surface area contributed by atoms with Gasteiger partial charge in [-0.15, -0.1) is 11.3 Å². The highest BCUT2D eigenvalue weighted by Crippen LogP contribution is 2.58. The van der Waals surface area contributed by atoms with E-state index in [2.05, 4.69) is 5.32 Å². The number of fused-ring (bicyclic) bond motifs is 1. The van der Waals surface area contributed by atoms with Crippen molar-refractivity contribution in [3.63, 3.8) is 0 Å². The fourth-order valence-electron chi connectivity index (χ4n) is 4.46. The van der Waals surface area contributed by atoms with Crippen molar-refractivity contribution in [3.05, 3.63) is 16.0 Å². The third kappa shape index (κ3) is 2.96. The third-order valence-electron chi connectivity index (χ3n) is 5.70. The average Bonchev–Trinajstić information content (AvgIpc) is 2.81. The molecule has 6 nitrogen and oxygen atoms in total. The van der Waals surface area contributed by atoms with Crippen LogP contribution in [0.15, 0.2) is 0 Å². The van der Waals surface area contributed by atoms with Gasteiger partial charge in [0.05, 0.1) is 16.8 Å². The molecule has 4 N–H and O–H groups in total. The molecule has 0 aromatic carbocycles. The molecule has 3 rings (SSSR count). The summed E-state index contributed by atoms with van der Waals surface area (Å²) in [5.74, 6) is -1.05. The number of hydrogen-bond donors (Lipinski definition) is 3. The fourth-order valence-corrected chi connectivity index (χ4v) is 5.73. The first kappa shape index (κ1) is 19.3. The van der Waals surface area contributed by atoms with Crippen LogP contribution < -0.4 is 11.1 Å². The Morgan fingerprint density at radius 1 is 1.27 bits per heavy atom. The topological polar surface area (TPSA) is 102 Å². The van der Waals surface area contributed by atoms with Gasteiger partial charge in [-0.05, 0) is 44.6 Å². The third-order valence-corrected chi connectivity index (χ3v) is 7.15. The van der Waals surface area contributed by atoms with E-state index in [-0.39, 0.29) is 29.8 Å². The zero-order chi connectivity index (χ0) is 19.7. The van der Waals surface area contributed by atoms with Gasteiger partial charge < -0.3 is 20.9 Å². The number of rotatable bonds is 4. The summed E-state index contributed by atoms with van der Waals surface area (Å²) in [6, 6.07) is 0. The summed E-state index contributed by atoms with van der Waals surface area (Å²) in [4.78, 5) is 25.9. The van der Waals surface area contributed by atoms with Crippen LogP contribution in [0.2, 0.25) is 0 Å². The Morgan fingerprint density at radius 3 is 2.38 bits per heavy atom. The highest BCUT2D eigenvalue weighted by molar-refractivity contribution is 7.17. The van der Waals surface area contributed by atoms with Gasteiger partial charge in [-0.2, -0.15) is 0 Å². The number of amides is 2. The molecule has 1 aliphatic heterocycles. The molecule has 0 spiro atoms. The molecule has 2 aliphatic rings. The van der Waals surface area contributed by atoms with E-state index in [0.29, 0.717) is 17.0 Å². The number of aliphatic hydroxyl groups excluding tert-OH is 1. The summed E-state index contributed by atoms with van der Waals surface area (Å²) in [5, 5.41) is 12.9. The van der Waals surface area contributed by atoms with E-state index in [1.165, 1.54) is 11.3 Å². The number of hydrogen-bond acceptors (Lipinski definition) is 5. The van der Waals surface area contributed by atoms with Gasteiger partial charge in [-0.3, -0.25) is 9.59 Å². The SMILES string of the molecule is CC1(C)Cc2c(sc(NC(=O)C3C(CO)C3(C)C)c2C(N)=O)C(C)(C)O1. The van der Waals surface area contributed by atoms with Crippen molar-refractivity contribution < 1.29 is 19.4 Å². The lowest BCUT2D eigenvalue weighted by molar-refractivity contribution is -0.135. The molecule has 1 aromatic rings. The van der Waals surface area contributed by atoms with Crippen molar-refractivity contribution in [1.29, 1.82) is 0 Å². The lowest BCUT2D eigenvalue weighted by Crippen LogP contribution is -2.42. The number of nitrogens with one attached hydrogen (secondary N) is 1. The van der Waals surface area contributed by atoms with Crippen LogP contribution in [0.5, 0.6) is 0 Å². The van der Waals surface area contributed by atoms with Crippen molar-refractivity contribution in [3.8, 4) is 0 Å². The van der Waals surface area contributed by atoms with Crippen molar-refractivity contribution in [2.24, 2.45) is 23.0 Å². The molecule has 1 saturated carbocycles. The molecule has 2 heterocycles. The Hall–Kier alpha value is -1.44. The van der Waals surface area contributed by atoms with E-state index in [0.717, 1.165) is 10.4 Å².